The fourth-order valence-electron chi connectivity index (χ4n) is 2.98. The number of amides is 2. The highest BCUT2D eigenvalue weighted by Gasteiger charge is 2.26. The van der Waals surface area contributed by atoms with Crippen molar-refractivity contribution in [3.63, 3.8) is 0 Å². The highest BCUT2D eigenvalue weighted by Crippen LogP contribution is 2.18. The van der Waals surface area contributed by atoms with Gasteiger partial charge in [0, 0.05) is 26.2 Å². The van der Waals surface area contributed by atoms with E-state index in [-0.39, 0.29) is 32.1 Å². The number of hydrogen-bond donors (Lipinski definition) is 0. The highest BCUT2D eigenvalue weighted by molar-refractivity contribution is 5.94. The molecule has 3 rings (SSSR count). The van der Waals surface area contributed by atoms with E-state index < -0.39 is 28.9 Å². The van der Waals surface area contributed by atoms with Crippen molar-refractivity contribution in [2.24, 2.45) is 0 Å². The zero-order valence-electron chi connectivity index (χ0n) is 15.0. The van der Waals surface area contributed by atoms with E-state index in [1.165, 1.54) is 4.90 Å². The van der Waals surface area contributed by atoms with E-state index in [4.69, 9.17) is 4.74 Å². The fourth-order valence-corrected chi connectivity index (χ4v) is 2.98. The van der Waals surface area contributed by atoms with Crippen molar-refractivity contribution in [1.29, 1.82) is 0 Å². The smallest absolute Gasteiger partial charge is 0.260 e. The SMILES string of the molecule is O=C(COc1ccccc1)N1CCCN(C(=O)c2ccc(F)c(F)c2F)CC1. The Morgan fingerprint density at radius 3 is 2.29 bits per heavy atom. The lowest BCUT2D eigenvalue weighted by Crippen LogP contribution is -2.39. The molecule has 0 unspecified atom stereocenters. The third kappa shape index (κ3) is 4.44. The van der Waals surface area contributed by atoms with E-state index in [0.29, 0.717) is 18.7 Å². The van der Waals surface area contributed by atoms with Gasteiger partial charge in [-0.1, -0.05) is 18.2 Å². The normalized spacial score (nSPS) is 14.5. The highest BCUT2D eigenvalue weighted by atomic mass is 19.2. The van der Waals surface area contributed by atoms with E-state index in [9.17, 15) is 22.8 Å². The van der Waals surface area contributed by atoms with Crippen molar-refractivity contribution < 1.29 is 27.5 Å². The molecule has 0 atom stereocenters. The van der Waals surface area contributed by atoms with Gasteiger partial charge in [-0.3, -0.25) is 9.59 Å². The Morgan fingerprint density at radius 1 is 0.857 bits per heavy atom. The van der Waals surface area contributed by atoms with E-state index >= 15 is 0 Å². The zero-order chi connectivity index (χ0) is 20.1. The van der Waals surface area contributed by atoms with E-state index in [2.05, 4.69) is 0 Å². The van der Waals surface area contributed by atoms with Crippen LogP contribution in [0.25, 0.3) is 0 Å². The Morgan fingerprint density at radius 2 is 1.54 bits per heavy atom. The molecule has 8 heteroatoms. The molecule has 2 aromatic carbocycles. The van der Waals surface area contributed by atoms with Gasteiger partial charge in [0.1, 0.15) is 5.75 Å². The first-order valence-electron chi connectivity index (χ1n) is 8.86. The summed E-state index contributed by atoms with van der Waals surface area (Å²) in [6.45, 7) is 0.972. The van der Waals surface area contributed by atoms with Gasteiger partial charge in [-0.2, -0.15) is 0 Å². The van der Waals surface area contributed by atoms with Crippen molar-refractivity contribution in [2.75, 3.05) is 32.8 Å². The van der Waals surface area contributed by atoms with Gasteiger partial charge in [0.25, 0.3) is 11.8 Å². The number of carbonyl (C=O) groups excluding carboxylic acids is 2. The Hall–Kier alpha value is -3.03. The average Bonchev–Trinajstić information content (AvgIpc) is 2.97. The van der Waals surface area contributed by atoms with Gasteiger partial charge in [0.05, 0.1) is 5.56 Å². The summed E-state index contributed by atoms with van der Waals surface area (Å²) >= 11 is 0. The standard InChI is InChI=1S/C20H19F3N2O3/c21-16-8-7-15(18(22)19(16)23)20(27)25-10-4-9-24(11-12-25)17(26)13-28-14-5-2-1-3-6-14/h1-3,5-8H,4,9-13H2. The van der Waals surface area contributed by atoms with Crippen molar-refractivity contribution in [1.82, 2.24) is 9.80 Å². The van der Waals surface area contributed by atoms with Gasteiger partial charge in [-0.25, -0.2) is 13.2 Å². The van der Waals surface area contributed by atoms with Gasteiger partial charge in [-0.05, 0) is 30.7 Å². The van der Waals surface area contributed by atoms with Gasteiger partial charge >= 0.3 is 0 Å². The lowest BCUT2D eigenvalue weighted by atomic mass is 10.1. The molecule has 2 aromatic rings. The maximum Gasteiger partial charge on any atom is 0.260 e. The Kier molecular flexibility index (Phi) is 6.18. The first-order chi connectivity index (χ1) is 13.5. The van der Waals surface area contributed by atoms with Gasteiger partial charge < -0.3 is 14.5 Å². The van der Waals surface area contributed by atoms with Crippen molar-refractivity contribution in [3.05, 3.63) is 65.5 Å². The van der Waals surface area contributed by atoms with Crippen LogP contribution in [0, 0.1) is 17.5 Å². The zero-order valence-corrected chi connectivity index (χ0v) is 15.0. The van der Waals surface area contributed by atoms with Crippen LogP contribution in [0.3, 0.4) is 0 Å². The van der Waals surface area contributed by atoms with E-state index in [1.54, 1.807) is 29.2 Å². The number of carbonyl (C=O) groups is 2. The van der Waals surface area contributed by atoms with Crippen LogP contribution < -0.4 is 4.74 Å². The summed E-state index contributed by atoms with van der Waals surface area (Å²) in [5, 5.41) is 0. The van der Waals surface area contributed by atoms with Gasteiger partial charge in [0.15, 0.2) is 24.1 Å². The van der Waals surface area contributed by atoms with Crippen LogP contribution in [-0.4, -0.2) is 54.4 Å². The summed E-state index contributed by atoms with van der Waals surface area (Å²) in [7, 11) is 0. The van der Waals surface area contributed by atoms with Crippen molar-refractivity contribution in [2.45, 2.75) is 6.42 Å². The Labute approximate surface area is 160 Å². The monoisotopic (exact) mass is 392 g/mol. The molecule has 1 aliphatic heterocycles. The maximum absolute atomic E-state index is 13.9. The molecular formula is C20H19F3N2O3. The molecule has 2 amide bonds. The van der Waals surface area contributed by atoms with Crippen LogP contribution in [0.5, 0.6) is 5.75 Å². The lowest BCUT2D eigenvalue weighted by Gasteiger charge is -2.22. The first-order valence-corrected chi connectivity index (χ1v) is 8.86. The molecule has 28 heavy (non-hydrogen) atoms. The number of para-hydroxylation sites is 1. The maximum atomic E-state index is 13.9. The summed E-state index contributed by atoms with van der Waals surface area (Å²) in [4.78, 5) is 27.7. The Balaban J connectivity index is 1.59. The van der Waals surface area contributed by atoms with Crippen LogP contribution in [0.2, 0.25) is 0 Å². The predicted molar refractivity (Wildman–Crippen MR) is 95.4 cm³/mol. The molecule has 0 saturated carbocycles. The van der Waals surface area contributed by atoms with E-state index in [1.807, 2.05) is 6.07 Å². The number of nitrogens with zero attached hydrogens (tertiary/aromatic N) is 2. The minimum Gasteiger partial charge on any atom is -0.484 e. The van der Waals surface area contributed by atoms with Crippen molar-refractivity contribution >= 4 is 11.8 Å². The second kappa shape index (κ2) is 8.77. The van der Waals surface area contributed by atoms with Gasteiger partial charge in [0.2, 0.25) is 0 Å². The number of hydrogen-bond acceptors (Lipinski definition) is 3. The minimum atomic E-state index is -1.67. The fraction of sp³-hybridized carbons (Fsp3) is 0.300. The molecular weight excluding hydrogens is 373 g/mol. The van der Waals surface area contributed by atoms with Crippen LogP contribution in [0.1, 0.15) is 16.8 Å². The molecule has 0 aliphatic carbocycles. The third-order valence-corrected chi connectivity index (χ3v) is 4.51. The largest absolute Gasteiger partial charge is 0.484 e. The molecule has 0 N–H and O–H groups in total. The number of rotatable bonds is 4. The average molecular weight is 392 g/mol. The van der Waals surface area contributed by atoms with Crippen LogP contribution in [0.4, 0.5) is 13.2 Å². The molecule has 1 heterocycles. The van der Waals surface area contributed by atoms with Crippen LogP contribution in [0.15, 0.2) is 42.5 Å². The molecule has 1 aliphatic rings. The molecule has 0 aromatic heterocycles. The quantitative estimate of drug-likeness (QED) is 0.752. The molecule has 0 bridgehead atoms. The number of benzene rings is 2. The first kappa shape index (κ1) is 19.7. The molecule has 0 radical (unpaired) electrons. The molecule has 1 saturated heterocycles. The van der Waals surface area contributed by atoms with E-state index in [0.717, 1.165) is 12.1 Å². The van der Waals surface area contributed by atoms with Crippen LogP contribution in [-0.2, 0) is 4.79 Å². The van der Waals surface area contributed by atoms with Crippen molar-refractivity contribution in [3.8, 4) is 5.75 Å². The summed E-state index contributed by atoms with van der Waals surface area (Å²) < 4.78 is 45.8. The predicted octanol–water partition coefficient (Wildman–Crippen LogP) is 2.86. The molecule has 148 valence electrons. The molecule has 5 nitrogen and oxygen atoms in total. The minimum absolute atomic E-state index is 0.129. The topological polar surface area (TPSA) is 49.9 Å². The third-order valence-electron chi connectivity index (χ3n) is 4.51. The number of ether oxygens (including phenoxy) is 1. The molecule has 1 fully saturated rings. The summed E-state index contributed by atoms with van der Waals surface area (Å²) in [6.07, 6.45) is 0.480. The van der Waals surface area contributed by atoms with Crippen LogP contribution >= 0.6 is 0 Å². The Bertz CT molecular complexity index is 861. The van der Waals surface area contributed by atoms with Gasteiger partial charge in [-0.15, -0.1) is 0 Å². The summed E-state index contributed by atoms with van der Waals surface area (Å²) in [5.41, 5.74) is -0.522. The second-order valence-corrected chi connectivity index (χ2v) is 6.35. The summed E-state index contributed by atoms with van der Waals surface area (Å²) in [5.74, 6) is -4.89. The lowest BCUT2D eigenvalue weighted by molar-refractivity contribution is -0.133. The number of halogens is 3. The second-order valence-electron chi connectivity index (χ2n) is 6.35. The molecule has 0 spiro atoms. The summed E-state index contributed by atoms with van der Waals surface area (Å²) in [6, 6.07) is 10.6.